The van der Waals surface area contributed by atoms with Gasteiger partial charge in [-0.3, -0.25) is 10.2 Å². The van der Waals surface area contributed by atoms with Crippen molar-refractivity contribution < 1.29 is 9.21 Å². The van der Waals surface area contributed by atoms with Crippen LogP contribution in [0.2, 0.25) is 10.0 Å². The Balaban J connectivity index is 1.83. The predicted molar refractivity (Wildman–Crippen MR) is 133 cm³/mol. The Labute approximate surface area is 204 Å². The Morgan fingerprint density at radius 2 is 2.00 bits per heavy atom. The van der Waals surface area contributed by atoms with Gasteiger partial charge in [0.15, 0.2) is 5.69 Å². The molecular weight excluding hydrogens is 459 g/mol. The number of nitrogens with one attached hydrogen (secondary N) is 1. The Kier molecular flexibility index (Phi) is 7.58. The number of hydrogen-bond donors (Lipinski definition) is 1. The Bertz CT molecular complexity index is 1150. The summed E-state index contributed by atoms with van der Waals surface area (Å²) >= 11 is 12.7. The lowest BCUT2D eigenvalue weighted by Crippen LogP contribution is -2.45. The number of hydrazine groups is 1. The van der Waals surface area contributed by atoms with Crippen LogP contribution in [0.4, 0.5) is 0 Å². The second-order valence-electron chi connectivity index (χ2n) is 8.25. The molecule has 0 radical (unpaired) electrons. The Morgan fingerprint density at radius 1 is 1.21 bits per heavy atom. The molecule has 3 aromatic rings. The van der Waals surface area contributed by atoms with Crippen molar-refractivity contribution in [1.29, 1.82) is 0 Å². The summed E-state index contributed by atoms with van der Waals surface area (Å²) < 4.78 is 7.33. The van der Waals surface area contributed by atoms with Crippen LogP contribution in [0.15, 0.2) is 41.0 Å². The summed E-state index contributed by atoms with van der Waals surface area (Å²) in [6.07, 6.45) is 8.69. The normalized spacial score (nSPS) is 15.1. The largest absolute Gasteiger partial charge is 0.465 e. The maximum absolute atomic E-state index is 13.2. The number of carbonyl (C=O) groups excluding carboxylic acids is 1. The quantitative estimate of drug-likeness (QED) is 0.411. The van der Waals surface area contributed by atoms with Gasteiger partial charge in [0.25, 0.3) is 5.91 Å². The number of furan rings is 1. The van der Waals surface area contributed by atoms with Crippen LogP contribution < -0.4 is 5.43 Å². The van der Waals surface area contributed by atoms with E-state index < -0.39 is 0 Å². The van der Waals surface area contributed by atoms with E-state index in [1.54, 1.807) is 23.1 Å². The van der Waals surface area contributed by atoms with Gasteiger partial charge in [-0.1, -0.05) is 43.0 Å². The van der Waals surface area contributed by atoms with E-state index in [9.17, 15) is 4.79 Å². The molecule has 8 heteroatoms. The molecule has 0 spiro atoms. The smallest absolute Gasteiger partial charge is 0.286 e. The molecule has 0 saturated carbocycles. The average molecular weight is 487 g/mol. The second-order valence-corrected chi connectivity index (χ2v) is 9.10. The maximum Gasteiger partial charge on any atom is 0.286 e. The van der Waals surface area contributed by atoms with E-state index in [0.29, 0.717) is 21.4 Å². The van der Waals surface area contributed by atoms with E-state index in [2.05, 4.69) is 12.3 Å². The van der Waals surface area contributed by atoms with Crippen molar-refractivity contribution in [1.82, 2.24) is 20.2 Å². The maximum atomic E-state index is 13.2. The van der Waals surface area contributed by atoms with Gasteiger partial charge in [-0.05, 0) is 68.2 Å². The van der Waals surface area contributed by atoms with Crippen molar-refractivity contribution in [2.45, 2.75) is 46.0 Å². The van der Waals surface area contributed by atoms with Gasteiger partial charge in [0.05, 0.1) is 22.7 Å². The van der Waals surface area contributed by atoms with Crippen molar-refractivity contribution in [2.24, 2.45) is 0 Å². The number of piperidine rings is 1. The molecule has 3 heterocycles. The minimum atomic E-state index is -0.215. The van der Waals surface area contributed by atoms with Crippen molar-refractivity contribution in [3.63, 3.8) is 0 Å². The molecule has 0 unspecified atom stereocenters. The predicted octanol–water partition coefficient (Wildman–Crippen LogP) is 6.55. The van der Waals surface area contributed by atoms with Crippen LogP contribution in [-0.2, 0) is 0 Å². The molecule has 174 valence electrons. The van der Waals surface area contributed by atoms with Gasteiger partial charge in [-0.25, -0.2) is 9.69 Å². The van der Waals surface area contributed by atoms with Crippen LogP contribution in [0.3, 0.4) is 0 Å². The van der Waals surface area contributed by atoms with E-state index in [-0.39, 0.29) is 5.91 Å². The zero-order valence-electron chi connectivity index (χ0n) is 18.9. The van der Waals surface area contributed by atoms with Gasteiger partial charge in [0, 0.05) is 23.7 Å². The molecule has 1 saturated heterocycles. The van der Waals surface area contributed by atoms with E-state index in [0.717, 1.165) is 61.4 Å². The molecule has 0 bridgehead atoms. The number of rotatable bonds is 7. The first-order valence-electron chi connectivity index (χ1n) is 11.3. The number of nitrogens with zero attached hydrogens (tertiary/aromatic N) is 3. The van der Waals surface area contributed by atoms with Crippen LogP contribution in [-0.4, -0.2) is 33.8 Å². The number of amides is 1. The molecule has 1 amide bonds. The van der Waals surface area contributed by atoms with Crippen molar-refractivity contribution in [3.05, 3.63) is 69.4 Å². The highest BCUT2D eigenvalue weighted by molar-refractivity contribution is 6.35. The highest BCUT2D eigenvalue weighted by atomic mass is 35.5. The summed E-state index contributed by atoms with van der Waals surface area (Å²) in [5.41, 5.74) is 6.72. The van der Waals surface area contributed by atoms with Gasteiger partial charge in [0.2, 0.25) is 0 Å². The Morgan fingerprint density at radius 3 is 2.67 bits per heavy atom. The van der Waals surface area contributed by atoms with Crippen LogP contribution in [0.1, 0.15) is 66.5 Å². The van der Waals surface area contributed by atoms with Gasteiger partial charge in [0.1, 0.15) is 5.76 Å². The van der Waals surface area contributed by atoms with Gasteiger partial charge >= 0.3 is 0 Å². The lowest BCUT2D eigenvalue weighted by molar-refractivity contribution is 0.0743. The average Bonchev–Trinajstić information content (AvgIpc) is 3.42. The topological polar surface area (TPSA) is 63.3 Å². The SMILES string of the molecule is CCC/C(=C\c1ccco1)c1c(C)c(C(=O)NN2CCCCC2)nn1-c1ccc(Cl)cc1Cl. The third kappa shape index (κ3) is 5.35. The molecule has 0 aliphatic carbocycles. The first-order chi connectivity index (χ1) is 16.0. The summed E-state index contributed by atoms with van der Waals surface area (Å²) in [5, 5.41) is 7.72. The molecule has 1 aromatic carbocycles. The third-order valence-corrected chi connectivity index (χ3v) is 6.31. The molecule has 6 nitrogen and oxygen atoms in total. The molecule has 1 N–H and O–H groups in total. The number of aromatic nitrogens is 2. The van der Waals surface area contributed by atoms with Gasteiger partial charge < -0.3 is 4.42 Å². The third-order valence-electron chi connectivity index (χ3n) is 5.77. The molecule has 1 aliphatic heterocycles. The van der Waals surface area contributed by atoms with Crippen LogP contribution in [0, 0.1) is 6.92 Å². The first-order valence-corrected chi connectivity index (χ1v) is 12.1. The van der Waals surface area contributed by atoms with E-state index in [4.69, 9.17) is 32.7 Å². The minimum Gasteiger partial charge on any atom is -0.465 e. The molecule has 1 fully saturated rings. The van der Waals surface area contributed by atoms with E-state index >= 15 is 0 Å². The molecule has 1 aliphatic rings. The monoisotopic (exact) mass is 486 g/mol. The first kappa shape index (κ1) is 23.6. The van der Waals surface area contributed by atoms with E-state index in [1.807, 2.05) is 36.2 Å². The number of halogens is 2. The van der Waals surface area contributed by atoms with Gasteiger partial charge in [-0.15, -0.1) is 0 Å². The van der Waals surface area contributed by atoms with Crippen LogP contribution >= 0.6 is 23.2 Å². The lowest BCUT2D eigenvalue weighted by Gasteiger charge is -2.26. The molecule has 0 atom stereocenters. The summed E-state index contributed by atoms with van der Waals surface area (Å²) in [6, 6.07) is 9.04. The summed E-state index contributed by atoms with van der Waals surface area (Å²) in [6.45, 7) is 5.74. The molecule has 33 heavy (non-hydrogen) atoms. The summed E-state index contributed by atoms with van der Waals surface area (Å²) in [7, 11) is 0. The number of carbonyl (C=O) groups is 1. The number of allylic oxidation sites excluding steroid dienone is 1. The summed E-state index contributed by atoms with van der Waals surface area (Å²) in [4.78, 5) is 13.2. The van der Waals surface area contributed by atoms with Crippen molar-refractivity contribution >= 4 is 40.8 Å². The fraction of sp³-hybridized carbons (Fsp3) is 0.360. The molecule has 4 rings (SSSR count). The highest BCUT2D eigenvalue weighted by Gasteiger charge is 2.25. The van der Waals surface area contributed by atoms with Crippen molar-refractivity contribution in [2.75, 3.05) is 13.1 Å². The Hall–Kier alpha value is -2.54. The number of benzene rings is 1. The second kappa shape index (κ2) is 10.6. The molecular formula is C25H28Cl2N4O2. The number of hydrogen-bond acceptors (Lipinski definition) is 4. The molecule has 2 aromatic heterocycles. The van der Waals surface area contributed by atoms with E-state index in [1.165, 1.54) is 6.42 Å². The van der Waals surface area contributed by atoms with Crippen molar-refractivity contribution in [3.8, 4) is 5.69 Å². The van der Waals surface area contributed by atoms with Gasteiger partial charge in [-0.2, -0.15) is 5.10 Å². The zero-order valence-corrected chi connectivity index (χ0v) is 20.4. The lowest BCUT2D eigenvalue weighted by atomic mass is 10.0. The standard InChI is InChI=1S/C25H28Cl2N4O2/c1-3-8-18(15-20-9-7-14-33-20)24-17(2)23(25(32)29-30-12-5-4-6-13-30)28-31(24)22-11-10-19(26)16-21(22)27/h7,9-11,14-16H,3-6,8,12-13H2,1-2H3,(H,29,32)/b18-15+. The highest BCUT2D eigenvalue weighted by Crippen LogP contribution is 2.33. The zero-order chi connectivity index (χ0) is 23.4. The van der Waals surface area contributed by atoms with Crippen LogP contribution in [0.25, 0.3) is 17.3 Å². The summed E-state index contributed by atoms with van der Waals surface area (Å²) in [5.74, 6) is 0.528. The van der Waals surface area contributed by atoms with Crippen LogP contribution in [0.5, 0.6) is 0 Å². The fourth-order valence-electron chi connectivity index (χ4n) is 4.19. The fourth-order valence-corrected chi connectivity index (χ4v) is 4.68. The minimum absolute atomic E-state index is 0.215.